The summed E-state index contributed by atoms with van der Waals surface area (Å²) in [6.45, 7) is 4.90. The molecule has 2 N–H and O–H groups in total. The van der Waals surface area contributed by atoms with Crippen molar-refractivity contribution in [1.29, 1.82) is 0 Å². The maximum atomic E-state index is 12.2. The second-order valence-electron chi connectivity index (χ2n) is 4.69. The van der Waals surface area contributed by atoms with Crippen LogP contribution in [0.15, 0.2) is 47.5 Å². The van der Waals surface area contributed by atoms with Crippen molar-refractivity contribution in [3.63, 3.8) is 0 Å². The lowest BCUT2D eigenvalue weighted by Gasteiger charge is -2.08. The summed E-state index contributed by atoms with van der Waals surface area (Å²) in [5.41, 5.74) is 2.63. The third kappa shape index (κ3) is 4.27. The van der Waals surface area contributed by atoms with E-state index in [1.54, 1.807) is 30.5 Å². The fourth-order valence-corrected chi connectivity index (χ4v) is 2.84. The number of aromatic nitrogens is 1. The Morgan fingerprint density at radius 3 is 2.38 bits per heavy atom. The molecule has 0 spiro atoms. The van der Waals surface area contributed by atoms with E-state index in [0.29, 0.717) is 0 Å². The van der Waals surface area contributed by atoms with Crippen LogP contribution < -0.4 is 10.0 Å². The van der Waals surface area contributed by atoms with Gasteiger partial charge in [0.05, 0.1) is 4.90 Å². The normalized spacial score (nSPS) is 11.3. The van der Waals surface area contributed by atoms with Crippen LogP contribution in [0.25, 0.3) is 0 Å². The Hall–Kier alpha value is -1.92. The molecule has 0 fully saturated rings. The van der Waals surface area contributed by atoms with Crippen molar-refractivity contribution < 1.29 is 8.42 Å². The molecule has 0 aliphatic heterocycles. The van der Waals surface area contributed by atoms with Crippen molar-refractivity contribution in [3.8, 4) is 0 Å². The van der Waals surface area contributed by atoms with Gasteiger partial charge in [-0.2, -0.15) is 0 Å². The number of benzene rings is 1. The van der Waals surface area contributed by atoms with Crippen LogP contribution in [0, 0.1) is 6.92 Å². The van der Waals surface area contributed by atoms with E-state index in [9.17, 15) is 8.42 Å². The first-order chi connectivity index (χ1) is 10.0. The van der Waals surface area contributed by atoms with Crippen LogP contribution in [0.1, 0.15) is 18.2 Å². The molecule has 2 aromatic rings. The summed E-state index contributed by atoms with van der Waals surface area (Å²) in [5.74, 6) is 0. The highest BCUT2D eigenvalue weighted by Gasteiger charge is 2.13. The van der Waals surface area contributed by atoms with Crippen LogP contribution in [-0.4, -0.2) is 19.9 Å². The standard InChI is InChI=1S/C15H19N3O2S/c1-3-16-14-6-8-15(9-7-14)21(19,20)18-11-13-5-4-12(2)17-10-13/h4-10,16,18H,3,11H2,1-2H3. The van der Waals surface area contributed by atoms with Gasteiger partial charge in [-0.3, -0.25) is 4.98 Å². The van der Waals surface area contributed by atoms with Gasteiger partial charge in [-0.05, 0) is 49.7 Å². The Morgan fingerprint density at radius 2 is 1.81 bits per heavy atom. The largest absolute Gasteiger partial charge is 0.385 e. The first-order valence-electron chi connectivity index (χ1n) is 6.76. The Balaban J connectivity index is 2.05. The Bertz CT molecular complexity index is 680. The highest BCUT2D eigenvalue weighted by molar-refractivity contribution is 7.89. The molecule has 0 unspecified atom stereocenters. The third-order valence-corrected chi connectivity index (χ3v) is 4.40. The SMILES string of the molecule is CCNc1ccc(S(=O)(=O)NCc2ccc(C)nc2)cc1. The Labute approximate surface area is 125 Å². The minimum atomic E-state index is -3.51. The zero-order valence-corrected chi connectivity index (χ0v) is 12.9. The quantitative estimate of drug-likeness (QED) is 0.859. The van der Waals surface area contributed by atoms with E-state index in [0.717, 1.165) is 23.5 Å². The van der Waals surface area contributed by atoms with Gasteiger partial charge in [-0.15, -0.1) is 0 Å². The number of pyridine rings is 1. The van der Waals surface area contributed by atoms with Gasteiger partial charge in [0.25, 0.3) is 0 Å². The van der Waals surface area contributed by atoms with Crippen molar-refractivity contribution in [2.45, 2.75) is 25.3 Å². The summed E-state index contributed by atoms with van der Waals surface area (Å²) >= 11 is 0. The molecule has 6 heteroatoms. The molecular formula is C15H19N3O2S. The average molecular weight is 305 g/mol. The van der Waals surface area contributed by atoms with Gasteiger partial charge in [0.1, 0.15) is 0 Å². The van der Waals surface area contributed by atoms with Crippen LogP contribution in [0.2, 0.25) is 0 Å². The highest BCUT2D eigenvalue weighted by Crippen LogP contribution is 2.14. The predicted octanol–water partition coefficient (Wildman–Crippen LogP) is 2.30. The number of hydrogen-bond acceptors (Lipinski definition) is 4. The maximum absolute atomic E-state index is 12.2. The van der Waals surface area contributed by atoms with E-state index in [1.807, 2.05) is 26.0 Å². The molecule has 0 saturated heterocycles. The Kier molecular flexibility index (Phi) is 4.93. The van der Waals surface area contributed by atoms with E-state index in [4.69, 9.17) is 0 Å². The van der Waals surface area contributed by atoms with Crippen molar-refractivity contribution in [2.75, 3.05) is 11.9 Å². The second-order valence-corrected chi connectivity index (χ2v) is 6.45. The number of aryl methyl sites for hydroxylation is 1. The van der Waals surface area contributed by atoms with E-state index in [-0.39, 0.29) is 11.4 Å². The molecule has 0 radical (unpaired) electrons. The van der Waals surface area contributed by atoms with Gasteiger partial charge in [0.2, 0.25) is 10.0 Å². The minimum absolute atomic E-state index is 0.227. The van der Waals surface area contributed by atoms with Crippen LogP contribution in [0.3, 0.4) is 0 Å². The lowest BCUT2D eigenvalue weighted by atomic mass is 10.2. The van der Waals surface area contributed by atoms with Crippen LogP contribution in [0.4, 0.5) is 5.69 Å². The van der Waals surface area contributed by atoms with Crippen LogP contribution in [-0.2, 0) is 16.6 Å². The van der Waals surface area contributed by atoms with E-state index in [1.165, 1.54) is 0 Å². The van der Waals surface area contributed by atoms with Crippen LogP contribution in [0.5, 0.6) is 0 Å². The summed E-state index contributed by atoms with van der Waals surface area (Å²) in [6.07, 6.45) is 1.67. The molecule has 1 heterocycles. The first kappa shape index (κ1) is 15.5. The molecule has 0 bridgehead atoms. The molecule has 0 aliphatic rings. The Morgan fingerprint density at radius 1 is 1.10 bits per heavy atom. The molecule has 0 amide bonds. The van der Waals surface area contributed by atoms with E-state index < -0.39 is 10.0 Å². The molecule has 2 rings (SSSR count). The number of nitrogens with zero attached hydrogens (tertiary/aromatic N) is 1. The fraction of sp³-hybridized carbons (Fsp3) is 0.267. The van der Waals surface area contributed by atoms with Crippen molar-refractivity contribution in [1.82, 2.24) is 9.71 Å². The molecule has 0 atom stereocenters. The van der Waals surface area contributed by atoms with E-state index >= 15 is 0 Å². The lowest BCUT2D eigenvalue weighted by Crippen LogP contribution is -2.23. The molecule has 21 heavy (non-hydrogen) atoms. The monoisotopic (exact) mass is 305 g/mol. The highest BCUT2D eigenvalue weighted by atomic mass is 32.2. The zero-order valence-electron chi connectivity index (χ0n) is 12.1. The number of sulfonamides is 1. The summed E-state index contributed by atoms with van der Waals surface area (Å²) in [5, 5.41) is 3.13. The second kappa shape index (κ2) is 6.69. The molecular weight excluding hydrogens is 286 g/mol. The molecule has 1 aromatic carbocycles. The summed E-state index contributed by atoms with van der Waals surface area (Å²) < 4.78 is 27.0. The minimum Gasteiger partial charge on any atom is -0.385 e. The van der Waals surface area contributed by atoms with Gasteiger partial charge < -0.3 is 5.32 Å². The smallest absolute Gasteiger partial charge is 0.240 e. The van der Waals surface area contributed by atoms with Crippen molar-refractivity contribution in [3.05, 3.63) is 53.9 Å². The van der Waals surface area contributed by atoms with Gasteiger partial charge in [-0.1, -0.05) is 6.07 Å². The maximum Gasteiger partial charge on any atom is 0.240 e. The van der Waals surface area contributed by atoms with Crippen molar-refractivity contribution >= 4 is 15.7 Å². The van der Waals surface area contributed by atoms with Crippen molar-refractivity contribution in [2.24, 2.45) is 0 Å². The summed E-state index contributed by atoms with van der Waals surface area (Å²) in [6, 6.07) is 10.4. The number of hydrogen-bond donors (Lipinski definition) is 2. The zero-order chi connectivity index (χ0) is 15.3. The molecule has 5 nitrogen and oxygen atoms in total. The molecule has 1 aromatic heterocycles. The van der Waals surface area contributed by atoms with Gasteiger partial charge in [-0.25, -0.2) is 13.1 Å². The lowest BCUT2D eigenvalue weighted by molar-refractivity contribution is 0.581. The number of rotatable bonds is 6. The topological polar surface area (TPSA) is 71.1 Å². The first-order valence-corrected chi connectivity index (χ1v) is 8.25. The number of nitrogens with one attached hydrogen (secondary N) is 2. The fourth-order valence-electron chi connectivity index (χ4n) is 1.82. The van der Waals surface area contributed by atoms with Gasteiger partial charge in [0, 0.05) is 30.7 Å². The molecule has 0 aliphatic carbocycles. The van der Waals surface area contributed by atoms with Crippen LogP contribution >= 0.6 is 0 Å². The van der Waals surface area contributed by atoms with Gasteiger partial charge >= 0.3 is 0 Å². The molecule has 112 valence electrons. The predicted molar refractivity (Wildman–Crippen MR) is 83.6 cm³/mol. The number of anilines is 1. The average Bonchev–Trinajstić information content (AvgIpc) is 2.48. The third-order valence-electron chi connectivity index (χ3n) is 2.98. The summed E-state index contributed by atoms with van der Waals surface area (Å²) in [4.78, 5) is 4.40. The van der Waals surface area contributed by atoms with E-state index in [2.05, 4.69) is 15.0 Å². The summed E-state index contributed by atoms with van der Waals surface area (Å²) in [7, 11) is -3.51. The molecule has 0 saturated carbocycles. The van der Waals surface area contributed by atoms with Gasteiger partial charge in [0.15, 0.2) is 0 Å².